The molecule has 0 saturated carbocycles. The molecule has 0 atom stereocenters. The van der Waals surface area contributed by atoms with Gasteiger partial charge in [-0.25, -0.2) is 0 Å². The molecule has 0 unspecified atom stereocenters. The molecule has 2 heterocycles. The molecule has 26 heavy (non-hydrogen) atoms. The van der Waals surface area contributed by atoms with Gasteiger partial charge in [-0.15, -0.1) is 11.3 Å². The summed E-state index contributed by atoms with van der Waals surface area (Å²) in [4.78, 5) is 27.3. The van der Waals surface area contributed by atoms with Gasteiger partial charge in [0.05, 0.1) is 23.7 Å². The molecule has 138 valence electrons. The molecule has 6 nitrogen and oxygen atoms in total. The lowest BCUT2D eigenvalue weighted by atomic mass is 10.1. The van der Waals surface area contributed by atoms with Crippen LogP contribution >= 0.6 is 11.3 Å². The van der Waals surface area contributed by atoms with Crippen LogP contribution in [0.25, 0.3) is 0 Å². The smallest absolute Gasteiger partial charge is 0.261 e. The summed E-state index contributed by atoms with van der Waals surface area (Å²) in [5.41, 5.74) is 1.62. The van der Waals surface area contributed by atoms with Crippen LogP contribution in [0.5, 0.6) is 0 Å². The minimum Gasteiger partial charge on any atom is -0.378 e. The Balaban J connectivity index is 1.45. The number of ether oxygens (including phenoxy) is 1. The quantitative estimate of drug-likeness (QED) is 0.730. The van der Waals surface area contributed by atoms with Gasteiger partial charge in [0.15, 0.2) is 0 Å². The van der Waals surface area contributed by atoms with Gasteiger partial charge in [-0.1, -0.05) is 18.2 Å². The number of nitrogens with one attached hydrogen (secondary N) is 2. The predicted octanol–water partition coefficient (Wildman–Crippen LogP) is 2.13. The Hall–Kier alpha value is -2.38. The molecule has 1 fully saturated rings. The zero-order valence-electron chi connectivity index (χ0n) is 14.6. The molecule has 1 aliphatic heterocycles. The summed E-state index contributed by atoms with van der Waals surface area (Å²) >= 11 is 1.42. The lowest BCUT2D eigenvalue weighted by Crippen LogP contribution is -2.38. The van der Waals surface area contributed by atoms with Crippen molar-refractivity contribution in [3.05, 3.63) is 52.2 Å². The molecule has 2 amide bonds. The van der Waals surface area contributed by atoms with Crippen LogP contribution < -0.4 is 15.5 Å². The number of carbonyl (C=O) groups excluding carboxylic acids is 2. The van der Waals surface area contributed by atoms with E-state index in [0.717, 1.165) is 18.8 Å². The van der Waals surface area contributed by atoms with E-state index in [0.29, 0.717) is 43.2 Å². The van der Waals surface area contributed by atoms with Crippen LogP contribution in [0.1, 0.15) is 26.5 Å². The fourth-order valence-electron chi connectivity index (χ4n) is 2.83. The Bertz CT molecular complexity index is 727. The first-order valence-electron chi connectivity index (χ1n) is 8.77. The second-order valence-electron chi connectivity index (χ2n) is 5.96. The summed E-state index contributed by atoms with van der Waals surface area (Å²) in [5, 5.41) is 7.68. The number of hydrogen-bond donors (Lipinski definition) is 2. The van der Waals surface area contributed by atoms with Crippen molar-refractivity contribution in [2.24, 2.45) is 0 Å². The minimum atomic E-state index is -0.0864. The summed E-state index contributed by atoms with van der Waals surface area (Å²) in [6, 6.07) is 11.3. The third kappa shape index (κ3) is 4.83. The number of benzene rings is 1. The van der Waals surface area contributed by atoms with Crippen molar-refractivity contribution in [3.63, 3.8) is 0 Å². The van der Waals surface area contributed by atoms with Crippen LogP contribution in [-0.4, -0.2) is 51.2 Å². The van der Waals surface area contributed by atoms with Crippen molar-refractivity contribution >= 4 is 28.8 Å². The molecule has 0 aliphatic carbocycles. The topological polar surface area (TPSA) is 70.7 Å². The SMILES string of the molecule is O=C(NCCCNC(=O)c1ccccc1N1CCOCC1)c1cccs1. The monoisotopic (exact) mass is 373 g/mol. The molecule has 1 aliphatic rings. The molecular weight excluding hydrogens is 350 g/mol. The first-order chi connectivity index (χ1) is 12.8. The zero-order chi connectivity index (χ0) is 18.2. The molecule has 0 bridgehead atoms. The fourth-order valence-corrected chi connectivity index (χ4v) is 3.47. The van der Waals surface area contributed by atoms with E-state index in [-0.39, 0.29) is 11.8 Å². The third-order valence-corrected chi connectivity index (χ3v) is 5.04. The average Bonchev–Trinajstić information content (AvgIpc) is 3.23. The number of thiophene rings is 1. The number of rotatable bonds is 7. The van der Waals surface area contributed by atoms with Crippen molar-refractivity contribution in [2.45, 2.75) is 6.42 Å². The molecule has 1 aromatic carbocycles. The highest BCUT2D eigenvalue weighted by atomic mass is 32.1. The number of para-hydroxylation sites is 1. The van der Waals surface area contributed by atoms with Crippen molar-refractivity contribution in [1.29, 1.82) is 0 Å². The molecule has 3 rings (SSSR count). The van der Waals surface area contributed by atoms with Gasteiger partial charge in [-0.05, 0) is 30.0 Å². The highest BCUT2D eigenvalue weighted by Crippen LogP contribution is 2.21. The van der Waals surface area contributed by atoms with Gasteiger partial charge in [0, 0.05) is 31.9 Å². The minimum absolute atomic E-state index is 0.0658. The molecule has 1 saturated heterocycles. The van der Waals surface area contributed by atoms with E-state index in [1.54, 1.807) is 6.07 Å². The normalized spacial score (nSPS) is 14.1. The Labute approximate surface area is 157 Å². The maximum atomic E-state index is 12.5. The molecule has 2 aromatic rings. The second kappa shape index (κ2) is 9.35. The number of anilines is 1. The van der Waals surface area contributed by atoms with E-state index in [1.807, 2.05) is 35.7 Å². The van der Waals surface area contributed by atoms with Crippen molar-refractivity contribution in [1.82, 2.24) is 10.6 Å². The van der Waals surface area contributed by atoms with Crippen LogP contribution in [-0.2, 0) is 4.74 Å². The van der Waals surface area contributed by atoms with E-state index in [2.05, 4.69) is 15.5 Å². The van der Waals surface area contributed by atoms with Crippen molar-refractivity contribution in [3.8, 4) is 0 Å². The Morgan fingerprint density at radius 2 is 1.73 bits per heavy atom. The van der Waals surface area contributed by atoms with E-state index >= 15 is 0 Å². The second-order valence-corrected chi connectivity index (χ2v) is 6.91. The van der Waals surface area contributed by atoms with Gasteiger partial charge in [0.1, 0.15) is 0 Å². The average molecular weight is 373 g/mol. The lowest BCUT2D eigenvalue weighted by Gasteiger charge is -2.30. The molecular formula is C19H23N3O3S. The number of carbonyl (C=O) groups is 2. The summed E-state index contributed by atoms with van der Waals surface area (Å²) in [7, 11) is 0. The van der Waals surface area contributed by atoms with Crippen LogP contribution in [0.3, 0.4) is 0 Å². The van der Waals surface area contributed by atoms with Gasteiger partial charge in [0.25, 0.3) is 11.8 Å². The maximum absolute atomic E-state index is 12.5. The van der Waals surface area contributed by atoms with Crippen molar-refractivity contribution in [2.75, 3.05) is 44.3 Å². The van der Waals surface area contributed by atoms with Crippen molar-refractivity contribution < 1.29 is 14.3 Å². The van der Waals surface area contributed by atoms with E-state index in [1.165, 1.54) is 11.3 Å². The zero-order valence-corrected chi connectivity index (χ0v) is 15.4. The summed E-state index contributed by atoms with van der Waals surface area (Å²) in [5.74, 6) is -0.152. The van der Waals surface area contributed by atoms with Gasteiger partial charge in [-0.2, -0.15) is 0 Å². The largest absolute Gasteiger partial charge is 0.378 e. The Morgan fingerprint density at radius 3 is 2.46 bits per heavy atom. The summed E-state index contributed by atoms with van der Waals surface area (Å²) in [6.07, 6.45) is 0.683. The predicted molar refractivity (Wildman–Crippen MR) is 103 cm³/mol. The summed E-state index contributed by atoms with van der Waals surface area (Å²) in [6.45, 7) is 3.99. The number of hydrogen-bond acceptors (Lipinski definition) is 5. The molecule has 7 heteroatoms. The first kappa shape index (κ1) is 18.4. The van der Waals surface area contributed by atoms with Crippen LogP contribution in [0.4, 0.5) is 5.69 Å². The molecule has 2 N–H and O–H groups in total. The fraction of sp³-hybridized carbons (Fsp3) is 0.368. The number of nitrogens with zero attached hydrogens (tertiary/aromatic N) is 1. The number of morpholine rings is 1. The lowest BCUT2D eigenvalue weighted by molar-refractivity contribution is 0.0951. The van der Waals surface area contributed by atoms with Crippen LogP contribution in [0, 0.1) is 0 Å². The Kier molecular flexibility index (Phi) is 6.62. The van der Waals surface area contributed by atoms with Gasteiger partial charge in [-0.3, -0.25) is 9.59 Å². The van der Waals surface area contributed by atoms with E-state index < -0.39 is 0 Å². The highest BCUT2D eigenvalue weighted by Gasteiger charge is 2.18. The van der Waals surface area contributed by atoms with E-state index in [9.17, 15) is 9.59 Å². The van der Waals surface area contributed by atoms with Crippen LogP contribution in [0.2, 0.25) is 0 Å². The first-order valence-corrected chi connectivity index (χ1v) is 9.65. The molecule has 0 radical (unpaired) electrons. The molecule has 0 spiro atoms. The Morgan fingerprint density at radius 1 is 1.00 bits per heavy atom. The van der Waals surface area contributed by atoms with Crippen LogP contribution in [0.15, 0.2) is 41.8 Å². The van der Waals surface area contributed by atoms with Gasteiger partial charge < -0.3 is 20.3 Å². The standard InChI is InChI=1S/C19H23N3O3S/c23-18(20-8-4-9-21-19(24)17-7-3-14-26-17)15-5-1-2-6-16(15)22-10-12-25-13-11-22/h1-3,5-7,14H,4,8-13H2,(H,20,23)(H,21,24). The summed E-state index contributed by atoms with van der Waals surface area (Å²) < 4.78 is 5.38. The maximum Gasteiger partial charge on any atom is 0.261 e. The third-order valence-electron chi connectivity index (χ3n) is 4.17. The highest BCUT2D eigenvalue weighted by molar-refractivity contribution is 7.12. The molecule has 1 aromatic heterocycles. The van der Waals surface area contributed by atoms with E-state index in [4.69, 9.17) is 4.74 Å². The van der Waals surface area contributed by atoms with Gasteiger partial charge in [0.2, 0.25) is 0 Å². The number of amides is 2. The van der Waals surface area contributed by atoms with Gasteiger partial charge >= 0.3 is 0 Å².